The lowest BCUT2D eigenvalue weighted by Crippen LogP contribution is -2.13. The molecule has 0 heterocycles. The van der Waals surface area contributed by atoms with E-state index >= 15 is 0 Å². The Morgan fingerprint density at radius 1 is 1.12 bits per heavy atom. The van der Waals surface area contributed by atoms with Crippen LogP contribution in [0.25, 0.3) is 0 Å². The highest BCUT2D eigenvalue weighted by molar-refractivity contribution is 6.31. The predicted octanol–water partition coefficient (Wildman–Crippen LogP) is 4.92. The van der Waals surface area contributed by atoms with Crippen LogP contribution in [0, 0.1) is 0 Å². The third kappa shape index (κ3) is 4.01. The topological polar surface area (TPSA) is 47.6 Å². The summed E-state index contributed by atoms with van der Waals surface area (Å²) in [5, 5.41) is 3.34. The van der Waals surface area contributed by atoms with Gasteiger partial charge >= 0.3 is 0 Å². The molecule has 2 aromatic carbocycles. The van der Waals surface area contributed by atoms with Gasteiger partial charge in [0.05, 0.1) is 18.8 Å². The molecule has 1 aliphatic rings. The van der Waals surface area contributed by atoms with Crippen LogP contribution in [-0.4, -0.2) is 19.1 Å². The van der Waals surface area contributed by atoms with Crippen LogP contribution in [0.1, 0.15) is 36.0 Å². The number of benzene rings is 2. The van der Waals surface area contributed by atoms with Gasteiger partial charge in [-0.15, -0.1) is 0 Å². The number of nitrogens with one attached hydrogen (secondary N) is 1. The van der Waals surface area contributed by atoms with E-state index in [9.17, 15) is 4.79 Å². The molecule has 0 saturated heterocycles. The van der Waals surface area contributed by atoms with Crippen LogP contribution in [0.2, 0.25) is 5.02 Å². The Hall–Kier alpha value is -2.20. The maximum Gasteiger partial charge on any atom is 0.259 e. The molecule has 5 heteroatoms. The molecule has 1 N–H and O–H groups in total. The third-order valence-electron chi connectivity index (χ3n) is 4.12. The smallest absolute Gasteiger partial charge is 0.259 e. The maximum atomic E-state index is 12.4. The molecule has 0 atom stereocenters. The summed E-state index contributed by atoms with van der Waals surface area (Å²) >= 11 is 5.97. The summed E-state index contributed by atoms with van der Waals surface area (Å²) < 4.78 is 11.1. The van der Waals surface area contributed by atoms with E-state index in [0.29, 0.717) is 28.1 Å². The number of carbonyl (C=O) groups is 1. The zero-order chi connectivity index (χ0) is 16.9. The van der Waals surface area contributed by atoms with Gasteiger partial charge in [-0.25, -0.2) is 0 Å². The van der Waals surface area contributed by atoms with Crippen LogP contribution in [-0.2, 0) is 0 Å². The molecule has 0 unspecified atom stereocenters. The summed E-state index contributed by atoms with van der Waals surface area (Å²) in [6.07, 6.45) is 5.03. The second kappa shape index (κ2) is 7.58. The van der Waals surface area contributed by atoms with Crippen LogP contribution < -0.4 is 14.8 Å². The van der Waals surface area contributed by atoms with Gasteiger partial charge in [-0.3, -0.25) is 4.79 Å². The lowest BCUT2D eigenvalue weighted by molar-refractivity contribution is 0.102. The van der Waals surface area contributed by atoms with Crippen LogP contribution >= 0.6 is 11.6 Å². The van der Waals surface area contributed by atoms with Crippen molar-refractivity contribution in [3.63, 3.8) is 0 Å². The van der Waals surface area contributed by atoms with Gasteiger partial charge in [0.25, 0.3) is 5.91 Å². The molecule has 4 nitrogen and oxygen atoms in total. The van der Waals surface area contributed by atoms with Crippen LogP contribution in [0.5, 0.6) is 11.5 Å². The maximum absolute atomic E-state index is 12.4. The molecule has 3 rings (SSSR count). The zero-order valence-corrected chi connectivity index (χ0v) is 14.3. The molecule has 0 radical (unpaired) electrons. The Morgan fingerprint density at radius 2 is 1.83 bits per heavy atom. The van der Waals surface area contributed by atoms with Gasteiger partial charge in [0.15, 0.2) is 0 Å². The first-order valence-corrected chi connectivity index (χ1v) is 8.45. The molecule has 2 aromatic rings. The van der Waals surface area contributed by atoms with E-state index < -0.39 is 0 Å². The van der Waals surface area contributed by atoms with E-state index in [-0.39, 0.29) is 5.91 Å². The average Bonchev–Trinajstić information content (AvgIpc) is 3.09. The van der Waals surface area contributed by atoms with Crippen molar-refractivity contribution in [3.8, 4) is 11.5 Å². The summed E-state index contributed by atoms with van der Waals surface area (Å²) in [6.45, 7) is 0. The summed E-state index contributed by atoms with van der Waals surface area (Å²) in [7, 11) is 1.52. The number of hydrogen-bond donors (Lipinski definition) is 1. The van der Waals surface area contributed by atoms with Crippen molar-refractivity contribution >= 4 is 23.2 Å². The number of rotatable bonds is 5. The Balaban J connectivity index is 1.67. The summed E-state index contributed by atoms with van der Waals surface area (Å²) in [5.74, 6) is 1.05. The molecule has 24 heavy (non-hydrogen) atoms. The Kier molecular flexibility index (Phi) is 5.26. The van der Waals surface area contributed by atoms with E-state index in [1.54, 1.807) is 18.2 Å². The Morgan fingerprint density at radius 3 is 2.50 bits per heavy atom. The van der Waals surface area contributed by atoms with Crippen LogP contribution in [0.15, 0.2) is 42.5 Å². The SMILES string of the molecule is COc1ccc(Cl)cc1C(=O)Nc1ccc(OC2CCCC2)cc1. The molecule has 126 valence electrons. The summed E-state index contributed by atoms with van der Waals surface area (Å²) in [6, 6.07) is 12.4. The molecule has 1 aliphatic carbocycles. The normalized spacial score (nSPS) is 14.4. The molecule has 1 amide bonds. The number of anilines is 1. The number of methoxy groups -OCH3 is 1. The van der Waals surface area contributed by atoms with E-state index in [4.69, 9.17) is 21.1 Å². The molecule has 0 bridgehead atoms. The number of halogens is 1. The minimum absolute atomic E-state index is 0.265. The minimum Gasteiger partial charge on any atom is -0.496 e. The van der Waals surface area contributed by atoms with Gasteiger partial charge < -0.3 is 14.8 Å². The number of amides is 1. The first kappa shape index (κ1) is 16.7. The highest BCUT2D eigenvalue weighted by Crippen LogP contribution is 2.26. The first-order valence-electron chi connectivity index (χ1n) is 8.07. The largest absolute Gasteiger partial charge is 0.496 e. The van der Waals surface area contributed by atoms with Crippen molar-refractivity contribution in [2.75, 3.05) is 12.4 Å². The van der Waals surface area contributed by atoms with Gasteiger partial charge in [-0.2, -0.15) is 0 Å². The molecule has 1 fully saturated rings. The van der Waals surface area contributed by atoms with Crippen molar-refractivity contribution in [2.45, 2.75) is 31.8 Å². The Labute approximate surface area is 146 Å². The van der Waals surface area contributed by atoms with Gasteiger partial charge in [-0.05, 0) is 68.1 Å². The molecule has 0 aromatic heterocycles. The average molecular weight is 346 g/mol. The van der Waals surface area contributed by atoms with Crippen LogP contribution in [0.4, 0.5) is 5.69 Å². The van der Waals surface area contributed by atoms with Crippen molar-refractivity contribution < 1.29 is 14.3 Å². The van der Waals surface area contributed by atoms with Crippen molar-refractivity contribution in [1.82, 2.24) is 0 Å². The van der Waals surface area contributed by atoms with Crippen molar-refractivity contribution in [3.05, 3.63) is 53.1 Å². The third-order valence-corrected chi connectivity index (χ3v) is 4.36. The van der Waals surface area contributed by atoms with E-state index in [0.717, 1.165) is 18.6 Å². The number of carbonyl (C=O) groups excluding carboxylic acids is 1. The Bertz CT molecular complexity index is 709. The molecular weight excluding hydrogens is 326 g/mol. The highest BCUT2D eigenvalue weighted by atomic mass is 35.5. The molecule has 0 spiro atoms. The number of hydrogen-bond acceptors (Lipinski definition) is 3. The van der Waals surface area contributed by atoms with Gasteiger partial charge in [-0.1, -0.05) is 11.6 Å². The van der Waals surface area contributed by atoms with E-state index in [1.165, 1.54) is 20.0 Å². The number of ether oxygens (including phenoxy) is 2. The first-order chi connectivity index (χ1) is 11.7. The molecular formula is C19H20ClNO3. The van der Waals surface area contributed by atoms with Crippen molar-refractivity contribution in [2.24, 2.45) is 0 Å². The van der Waals surface area contributed by atoms with Crippen molar-refractivity contribution in [1.29, 1.82) is 0 Å². The fourth-order valence-electron chi connectivity index (χ4n) is 2.87. The van der Waals surface area contributed by atoms with Gasteiger partial charge in [0.2, 0.25) is 0 Å². The van der Waals surface area contributed by atoms with Gasteiger partial charge in [0.1, 0.15) is 11.5 Å². The quantitative estimate of drug-likeness (QED) is 0.836. The van der Waals surface area contributed by atoms with E-state index in [2.05, 4.69) is 5.32 Å². The highest BCUT2D eigenvalue weighted by Gasteiger charge is 2.17. The molecule has 0 aliphatic heterocycles. The lowest BCUT2D eigenvalue weighted by Gasteiger charge is -2.14. The second-order valence-corrected chi connectivity index (χ2v) is 6.28. The van der Waals surface area contributed by atoms with Gasteiger partial charge in [0, 0.05) is 10.7 Å². The standard InChI is InChI=1S/C19H20ClNO3/c1-23-18-11-6-13(20)12-17(18)19(22)21-14-7-9-16(10-8-14)24-15-4-2-3-5-15/h6-12,15H,2-5H2,1H3,(H,21,22). The van der Waals surface area contributed by atoms with E-state index in [1.807, 2.05) is 24.3 Å². The summed E-state index contributed by atoms with van der Waals surface area (Å²) in [4.78, 5) is 12.4. The monoisotopic (exact) mass is 345 g/mol. The fourth-order valence-corrected chi connectivity index (χ4v) is 3.04. The predicted molar refractivity (Wildman–Crippen MR) is 95.3 cm³/mol. The summed E-state index contributed by atoms with van der Waals surface area (Å²) in [5.41, 5.74) is 1.09. The lowest BCUT2D eigenvalue weighted by atomic mass is 10.2. The van der Waals surface area contributed by atoms with Crippen LogP contribution in [0.3, 0.4) is 0 Å². The second-order valence-electron chi connectivity index (χ2n) is 5.85. The fraction of sp³-hybridized carbons (Fsp3) is 0.316. The molecule has 1 saturated carbocycles. The minimum atomic E-state index is -0.265. The zero-order valence-electron chi connectivity index (χ0n) is 13.5.